The van der Waals surface area contributed by atoms with Gasteiger partial charge in [-0.2, -0.15) is 9.03 Å². The molecule has 1 atom stereocenters. The fourth-order valence-electron chi connectivity index (χ4n) is 3.25. The molecular weight excluding hydrogens is 446 g/mol. The smallest absolute Gasteiger partial charge is 0.250 e. The number of thiophene rings is 1. The highest BCUT2D eigenvalue weighted by Gasteiger charge is 2.30. The second kappa shape index (κ2) is 9.56. The third-order valence-corrected chi connectivity index (χ3v) is 9.86. The zero-order valence-corrected chi connectivity index (χ0v) is 19.0. The first-order valence-electron chi connectivity index (χ1n) is 9.59. The lowest BCUT2D eigenvalue weighted by Crippen LogP contribution is -2.47. The van der Waals surface area contributed by atoms with Crippen LogP contribution in [0.2, 0.25) is 0 Å². The SMILES string of the molecule is CC(NS(=O)(=O)c1cccs1)C(=O)NCC1CCN(S(=O)(=O)c2ccccc2)CC1. The van der Waals surface area contributed by atoms with Crippen molar-refractivity contribution in [3.8, 4) is 0 Å². The summed E-state index contributed by atoms with van der Waals surface area (Å²) in [4.78, 5) is 12.6. The highest BCUT2D eigenvalue weighted by atomic mass is 32.2. The lowest BCUT2D eigenvalue weighted by molar-refractivity contribution is -0.122. The number of rotatable bonds is 8. The number of benzene rings is 1. The fourth-order valence-corrected chi connectivity index (χ4v) is 6.96. The van der Waals surface area contributed by atoms with Crippen LogP contribution in [0.5, 0.6) is 0 Å². The quantitative estimate of drug-likeness (QED) is 0.608. The maximum absolute atomic E-state index is 12.7. The number of amides is 1. The Morgan fingerprint density at radius 1 is 1.10 bits per heavy atom. The molecule has 1 saturated heterocycles. The van der Waals surface area contributed by atoms with E-state index >= 15 is 0 Å². The molecule has 1 unspecified atom stereocenters. The van der Waals surface area contributed by atoms with Gasteiger partial charge in [0, 0.05) is 19.6 Å². The molecule has 0 aliphatic carbocycles. The van der Waals surface area contributed by atoms with E-state index in [1.54, 1.807) is 41.8 Å². The van der Waals surface area contributed by atoms with Gasteiger partial charge in [0.2, 0.25) is 15.9 Å². The second-order valence-electron chi connectivity index (χ2n) is 7.18. The van der Waals surface area contributed by atoms with Crippen molar-refractivity contribution < 1.29 is 21.6 Å². The summed E-state index contributed by atoms with van der Waals surface area (Å²) < 4.78 is 53.8. The van der Waals surface area contributed by atoms with Gasteiger partial charge in [-0.05, 0) is 49.3 Å². The minimum atomic E-state index is -3.72. The first kappa shape index (κ1) is 22.9. The number of nitrogens with zero attached hydrogens (tertiary/aromatic N) is 1. The van der Waals surface area contributed by atoms with Gasteiger partial charge in [-0.15, -0.1) is 11.3 Å². The Hall–Kier alpha value is -1.79. The summed E-state index contributed by atoms with van der Waals surface area (Å²) in [7, 11) is -7.22. The highest BCUT2D eigenvalue weighted by Crippen LogP contribution is 2.23. The summed E-state index contributed by atoms with van der Waals surface area (Å²) in [6, 6.07) is 10.5. The average Bonchev–Trinajstić information content (AvgIpc) is 3.28. The molecule has 164 valence electrons. The van der Waals surface area contributed by atoms with Gasteiger partial charge in [-0.25, -0.2) is 16.8 Å². The minimum Gasteiger partial charge on any atom is -0.354 e. The van der Waals surface area contributed by atoms with E-state index in [2.05, 4.69) is 10.0 Å². The summed E-state index contributed by atoms with van der Waals surface area (Å²) >= 11 is 1.08. The van der Waals surface area contributed by atoms with Crippen LogP contribution in [0.4, 0.5) is 0 Å². The Labute approximate surface area is 181 Å². The van der Waals surface area contributed by atoms with Gasteiger partial charge in [0.25, 0.3) is 10.0 Å². The lowest BCUT2D eigenvalue weighted by atomic mass is 9.98. The molecule has 3 rings (SSSR count). The molecule has 1 aromatic heterocycles. The molecule has 8 nitrogen and oxygen atoms in total. The Kier molecular flexibility index (Phi) is 7.30. The number of sulfonamides is 2. The van der Waals surface area contributed by atoms with E-state index in [0.717, 1.165) is 11.3 Å². The Morgan fingerprint density at radius 3 is 2.37 bits per heavy atom. The van der Waals surface area contributed by atoms with Crippen molar-refractivity contribution in [2.24, 2.45) is 5.92 Å². The number of nitrogens with one attached hydrogen (secondary N) is 2. The number of carbonyl (C=O) groups excluding carboxylic acids is 1. The summed E-state index contributed by atoms with van der Waals surface area (Å²) in [5, 5.41) is 4.43. The average molecular weight is 472 g/mol. The molecule has 0 bridgehead atoms. The van der Waals surface area contributed by atoms with Crippen molar-refractivity contribution >= 4 is 37.3 Å². The topological polar surface area (TPSA) is 113 Å². The van der Waals surface area contributed by atoms with Crippen LogP contribution >= 0.6 is 11.3 Å². The maximum Gasteiger partial charge on any atom is 0.250 e. The molecule has 30 heavy (non-hydrogen) atoms. The Morgan fingerprint density at radius 2 is 1.77 bits per heavy atom. The van der Waals surface area contributed by atoms with Crippen molar-refractivity contribution in [2.45, 2.75) is 34.9 Å². The summed E-state index contributed by atoms with van der Waals surface area (Å²) in [5.74, 6) is -0.272. The van der Waals surface area contributed by atoms with Gasteiger partial charge in [-0.1, -0.05) is 24.3 Å². The van der Waals surface area contributed by atoms with Crippen molar-refractivity contribution in [3.63, 3.8) is 0 Å². The lowest BCUT2D eigenvalue weighted by Gasteiger charge is -2.31. The predicted molar refractivity (Wildman–Crippen MR) is 115 cm³/mol. The Bertz CT molecular complexity index is 1050. The number of hydrogen-bond donors (Lipinski definition) is 2. The van der Waals surface area contributed by atoms with Crippen molar-refractivity contribution in [2.75, 3.05) is 19.6 Å². The molecule has 1 aliphatic heterocycles. The first-order chi connectivity index (χ1) is 14.2. The van der Waals surface area contributed by atoms with Gasteiger partial charge < -0.3 is 5.32 Å². The van der Waals surface area contributed by atoms with Crippen LogP contribution in [-0.2, 0) is 24.8 Å². The molecule has 1 amide bonds. The molecule has 2 N–H and O–H groups in total. The van der Waals surface area contributed by atoms with Gasteiger partial charge >= 0.3 is 0 Å². The molecule has 11 heteroatoms. The van der Waals surface area contributed by atoms with Gasteiger partial charge in [0.1, 0.15) is 4.21 Å². The van der Waals surface area contributed by atoms with E-state index in [-0.39, 0.29) is 15.0 Å². The van der Waals surface area contributed by atoms with E-state index in [4.69, 9.17) is 0 Å². The summed E-state index contributed by atoms with van der Waals surface area (Å²) in [6.45, 7) is 2.65. The van der Waals surface area contributed by atoms with Crippen LogP contribution in [0.15, 0.2) is 56.9 Å². The molecule has 1 aliphatic rings. The van der Waals surface area contributed by atoms with Gasteiger partial charge in [0.15, 0.2) is 0 Å². The molecule has 2 heterocycles. The fraction of sp³-hybridized carbons (Fsp3) is 0.421. The molecule has 0 spiro atoms. The Balaban J connectivity index is 1.47. The van der Waals surface area contributed by atoms with Crippen LogP contribution in [0, 0.1) is 5.92 Å². The van der Waals surface area contributed by atoms with Crippen LogP contribution in [-0.4, -0.2) is 52.7 Å². The third kappa shape index (κ3) is 5.46. The van der Waals surface area contributed by atoms with Crippen molar-refractivity contribution in [3.05, 3.63) is 47.8 Å². The van der Waals surface area contributed by atoms with Crippen LogP contribution in [0.1, 0.15) is 19.8 Å². The van der Waals surface area contributed by atoms with Crippen LogP contribution in [0.3, 0.4) is 0 Å². The molecule has 2 aromatic rings. The maximum atomic E-state index is 12.7. The van der Waals surface area contributed by atoms with Crippen LogP contribution < -0.4 is 10.0 Å². The van der Waals surface area contributed by atoms with Gasteiger partial charge in [0.05, 0.1) is 10.9 Å². The van der Waals surface area contributed by atoms with Crippen molar-refractivity contribution in [1.82, 2.24) is 14.3 Å². The van der Waals surface area contributed by atoms with E-state index in [9.17, 15) is 21.6 Å². The summed E-state index contributed by atoms with van der Waals surface area (Å²) in [6.07, 6.45) is 1.25. The third-order valence-electron chi connectivity index (χ3n) is 5.00. The largest absolute Gasteiger partial charge is 0.354 e. The number of piperidine rings is 1. The normalized spacial score (nSPS) is 17.5. The standard InChI is InChI=1S/C19H25N3O5S3/c1-15(21-29(24,25)18-8-5-13-28-18)19(23)20-14-16-9-11-22(12-10-16)30(26,27)17-6-3-2-4-7-17/h2-8,13,15-16,21H,9-12,14H2,1H3,(H,20,23). The van der Waals surface area contributed by atoms with E-state index in [0.29, 0.717) is 32.5 Å². The molecule has 0 saturated carbocycles. The van der Waals surface area contributed by atoms with E-state index in [1.165, 1.54) is 17.3 Å². The second-order valence-corrected chi connectivity index (χ2v) is 12.0. The predicted octanol–water partition coefficient (Wildman–Crippen LogP) is 1.63. The highest BCUT2D eigenvalue weighted by molar-refractivity contribution is 7.91. The number of carbonyl (C=O) groups is 1. The minimum absolute atomic E-state index is 0.136. The zero-order chi connectivity index (χ0) is 21.8. The molecular formula is C19H25N3O5S3. The molecule has 1 aromatic carbocycles. The molecule has 0 radical (unpaired) electrons. The number of hydrogen-bond acceptors (Lipinski definition) is 6. The van der Waals surface area contributed by atoms with E-state index in [1.807, 2.05) is 0 Å². The zero-order valence-electron chi connectivity index (χ0n) is 16.5. The van der Waals surface area contributed by atoms with E-state index < -0.39 is 32.0 Å². The first-order valence-corrected chi connectivity index (χ1v) is 13.4. The van der Waals surface area contributed by atoms with Gasteiger partial charge in [-0.3, -0.25) is 4.79 Å². The summed E-state index contributed by atoms with van der Waals surface area (Å²) in [5.41, 5.74) is 0. The molecule has 1 fully saturated rings. The van der Waals surface area contributed by atoms with Crippen LogP contribution in [0.25, 0.3) is 0 Å². The monoisotopic (exact) mass is 471 g/mol. The van der Waals surface area contributed by atoms with Crippen molar-refractivity contribution in [1.29, 1.82) is 0 Å².